The molecule has 0 aliphatic rings. The topological polar surface area (TPSA) is 21.5 Å². The van der Waals surface area contributed by atoms with E-state index in [0.717, 1.165) is 77.1 Å². The van der Waals surface area contributed by atoms with Gasteiger partial charge in [-0.05, 0) is 155 Å². The Labute approximate surface area is 359 Å². The predicted octanol–water partition coefficient (Wildman–Crippen LogP) is 15.8. The number of hydrogen-bond donors (Lipinski definition) is 0. The lowest BCUT2D eigenvalue weighted by molar-refractivity contribution is 1.21. The summed E-state index contributed by atoms with van der Waals surface area (Å²) in [6.07, 6.45) is 1.98. The minimum absolute atomic E-state index is 0.00712. The van der Waals surface area contributed by atoms with E-state index < -0.39 is 0 Å². The zero-order chi connectivity index (χ0) is 41.5. The van der Waals surface area contributed by atoms with Gasteiger partial charge >= 0.3 is 0 Å². The zero-order valence-corrected chi connectivity index (χ0v) is 34.2. The van der Waals surface area contributed by atoms with Crippen LogP contribution in [-0.4, -0.2) is 4.40 Å². The number of nitrogens with zero attached hydrogens (tertiary/aromatic N) is 1. The molecule has 12 aromatic rings. The largest absolute Gasteiger partial charge is 0.275 e. The first-order chi connectivity index (χ1) is 30.5. The molecular formula is C60H39NO. The van der Waals surface area contributed by atoms with E-state index in [1.807, 2.05) is 16.5 Å². The minimum Gasteiger partial charge on any atom is -0.275 e. The fourth-order valence-electron chi connectivity index (χ4n) is 10.0. The lowest BCUT2D eigenvalue weighted by Gasteiger charge is -2.15. The molecule has 0 radical (unpaired) electrons. The van der Waals surface area contributed by atoms with E-state index in [1.165, 1.54) is 43.8 Å². The third-order valence-electron chi connectivity index (χ3n) is 13.1. The van der Waals surface area contributed by atoms with Crippen molar-refractivity contribution in [2.45, 2.75) is 6.92 Å². The normalized spacial score (nSPS) is 11.8. The SMILES string of the molecule is C=Cc1c(C)c2ccccc2c2cc(-c3ccc4c(=O)n5c6ccc(-c7cccc(-c8ccccc8)c7)cc6c6cc(-c7cccc(-c8ccccc8)c7)cc(c4c3)c65)ccc12. The number of benzene rings is 10. The lowest BCUT2D eigenvalue weighted by atomic mass is 9.90. The number of hydrogen-bond acceptors (Lipinski definition) is 1. The van der Waals surface area contributed by atoms with Gasteiger partial charge in [0.15, 0.2) is 0 Å². The number of aryl methyl sites for hydroxylation is 1. The maximum atomic E-state index is 14.9. The van der Waals surface area contributed by atoms with Crippen LogP contribution in [0.15, 0.2) is 212 Å². The summed E-state index contributed by atoms with van der Waals surface area (Å²) in [5.74, 6) is 0. The van der Waals surface area contributed by atoms with Crippen molar-refractivity contribution < 1.29 is 0 Å². The summed E-state index contributed by atoms with van der Waals surface area (Å²) in [7, 11) is 0. The van der Waals surface area contributed by atoms with Gasteiger partial charge in [0.2, 0.25) is 0 Å². The quantitative estimate of drug-likeness (QED) is 0.154. The number of pyridine rings is 1. The van der Waals surface area contributed by atoms with Crippen molar-refractivity contribution in [2.24, 2.45) is 0 Å². The van der Waals surface area contributed by atoms with Crippen LogP contribution in [0.25, 0.3) is 121 Å². The van der Waals surface area contributed by atoms with Crippen LogP contribution in [-0.2, 0) is 0 Å². The Kier molecular flexibility index (Phi) is 8.10. The van der Waals surface area contributed by atoms with Gasteiger partial charge < -0.3 is 0 Å². The van der Waals surface area contributed by atoms with E-state index in [0.29, 0.717) is 5.39 Å². The summed E-state index contributed by atoms with van der Waals surface area (Å²) < 4.78 is 1.96. The highest BCUT2D eigenvalue weighted by Crippen LogP contribution is 2.42. The van der Waals surface area contributed by atoms with Crippen molar-refractivity contribution in [1.29, 1.82) is 0 Å². The lowest BCUT2D eigenvalue weighted by Crippen LogP contribution is -2.13. The van der Waals surface area contributed by atoms with Crippen molar-refractivity contribution in [3.05, 3.63) is 228 Å². The van der Waals surface area contributed by atoms with Crippen molar-refractivity contribution in [1.82, 2.24) is 4.40 Å². The van der Waals surface area contributed by atoms with Gasteiger partial charge in [-0.2, -0.15) is 0 Å². The van der Waals surface area contributed by atoms with E-state index in [1.54, 1.807) is 0 Å². The maximum absolute atomic E-state index is 14.9. The molecule has 0 saturated carbocycles. The van der Waals surface area contributed by atoms with Gasteiger partial charge in [-0.15, -0.1) is 0 Å². The molecule has 290 valence electrons. The average molecular weight is 790 g/mol. The summed E-state index contributed by atoms with van der Waals surface area (Å²) in [6.45, 7) is 6.37. The smallest absolute Gasteiger partial charge is 0.263 e. The third kappa shape index (κ3) is 5.54. The highest BCUT2D eigenvalue weighted by molar-refractivity contribution is 6.22. The van der Waals surface area contributed by atoms with Gasteiger partial charge in [0.25, 0.3) is 5.56 Å². The molecule has 0 fully saturated rings. The number of rotatable bonds is 6. The molecule has 0 atom stereocenters. The third-order valence-corrected chi connectivity index (χ3v) is 13.1. The Bertz CT molecular complexity index is 3840. The highest BCUT2D eigenvalue weighted by Gasteiger charge is 2.21. The fourth-order valence-corrected chi connectivity index (χ4v) is 10.0. The molecule has 0 amide bonds. The number of fused-ring (bicyclic) bond motifs is 8. The van der Waals surface area contributed by atoms with E-state index in [-0.39, 0.29) is 5.56 Å². The van der Waals surface area contributed by atoms with Gasteiger partial charge in [0.1, 0.15) is 0 Å². The Morgan fingerprint density at radius 1 is 0.355 bits per heavy atom. The van der Waals surface area contributed by atoms with Gasteiger partial charge in [-0.25, -0.2) is 0 Å². The molecule has 0 saturated heterocycles. The second kappa shape index (κ2) is 14.0. The Morgan fingerprint density at radius 2 is 0.790 bits per heavy atom. The predicted molar refractivity (Wildman–Crippen MR) is 264 cm³/mol. The molecule has 0 aliphatic heterocycles. The van der Waals surface area contributed by atoms with Crippen LogP contribution in [0, 0.1) is 6.92 Å². The molecule has 0 N–H and O–H groups in total. The molecule has 2 aromatic heterocycles. The first-order valence-electron chi connectivity index (χ1n) is 21.2. The van der Waals surface area contributed by atoms with Gasteiger partial charge in [0.05, 0.1) is 11.0 Å². The van der Waals surface area contributed by atoms with E-state index in [4.69, 9.17) is 0 Å². The van der Waals surface area contributed by atoms with Crippen LogP contribution < -0.4 is 5.56 Å². The van der Waals surface area contributed by atoms with Crippen molar-refractivity contribution in [3.8, 4) is 55.6 Å². The summed E-state index contributed by atoms with van der Waals surface area (Å²) in [5.41, 5.74) is 15.6. The number of aromatic nitrogens is 1. The molecule has 2 nitrogen and oxygen atoms in total. The summed E-state index contributed by atoms with van der Waals surface area (Å²) in [6, 6.07) is 71.5. The molecule has 0 bridgehead atoms. The average Bonchev–Trinajstić information content (AvgIpc) is 3.68. The first kappa shape index (κ1) is 35.8. The first-order valence-corrected chi connectivity index (χ1v) is 21.2. The van der Waals surface area contributed by atoms with E-state index in [9.17, 15) is 4.79 Å². The second-order valence-corrected chi connectivity index (χ2v) is 16.5. The Morgan fingerprint density at radius 3 is 1.40 bits per heavy atom. The fraction of sp³-hybridized carbons (Fsp3) is 0.0167. The van der Waals surface area contributed by atoms with E-state index >= 15 is 0 Å². The molecule has 62 heavy (non-hydrogen) atoms. The molecule has 12 rings (SSSR count). The molecule has 0 aliphatic carbocycles. The highest BCUT2D eigenvalue weighted by atomic mass is 16.1. The van der Waals surface area contributed by atoms with Gasteiger partial charge in [0, 0.05) is 21.5 Å². The standard InChI is InChI=1S/C60H39NO/c1-3-48-37(2)49-22-10-11-23-50(49)53-32-44(24-27-51(48)53)45-25-28-52-54(33-45)56-35-47(43-21-13-19-41(31-43)39-16-8-5-9-17-39)36-57-55-34-46(26-29-58(55)61(59(56)57)60(52)62)42-20-12-18-40(30-42)38-14-6-4-7-15-38/h3-36H,1H2,2H3. The Hall–Kier alpha value is -8.07. The molecule has 2 heterocycles. The molecule has 2 heteroatoms. The van der Waals surface area contributed by atoms with Gasteiger partial charge in [-0.3, -0.25) is 9.20 Å². The summed E-state index contributed by atoms with van der Waals surface area (Å²) in [4.78, 5) is 14.9. The Balaban J connectivity index is 1.12. The van der Waals surface area contributed by atoms with E-state index in [2.05, 4.69) is 208 Å². The zero-order valence-electron chi connectivity index (χ0n) is 34.2. The van der Waals surface area contributed by atoms with Crippen LogP contribution in [0.3, 0.4) is 0 Å². The monoisotopic (exact) mass is 789 g/mol. The van der Waals surface area contributed by atoms with Crippen LogP contribution in [0.4, 0.5) is 0 Å². The molecule has 10 aromatic carbocycles. The minimum atomic E-state index is -0.00712. The van der Waals surface area contributed by atoms with Crippen LogP contribution in [0.1, 0.15) is 11.1 Å². The van der Waals surface area contributed by atoms with Crippen LogP contribution >= 0.6 is 0 Å². The summed E-state index contributed by atoms with van der Waals surface area (Å²) >= 11 is 0. The summed E-state index contributed by atoms with van der Waals surface area (Å²) in [5, 5.41) is 9.67. The van der Waals surface area contributed by atoms with Crippen LogP contribution in [0.2, 0.25) is 0 Å². The van der Waals surface area contributed by atoms with Gasteiger partial charge in [-0.1, -0.05) is 158 Å². The molecular weight excluding hydrogens is 751 g/mol. The second-order valence-electron chi connectivity index (χ2n) is 16.5. The molecule has 0 spiro atoms. The van der Waals surface area contributed by atoms with Crippen molar-refractivity contribution in [3.63, 3.8) is 0 Å². The van der Waals surface area contributed by atoms with Crippen molar-refractivity contribution in [2.75, 3.05) is 0 Å². The maximum Gasteiger partial charge on any atom is 0.263 e. The van der Waals surface area contributed by atoms with Crippen LogP contribution in [0.5, 0.6) is 0 Å². The molecule has 0 unspecified atom stereocenters. The van der Waals surface area contributed by atoms with Crippen molar-refractivity contribution >= 4 is 65.6 Å².